The molecule has 0 aromatic heterocycles. The lowest BCUT2D eigenvalue weighted by Crippen LogP contribution is -2.25. The van der Waals surface area contributed by atoms with Crippen LogP contribution in [0.5, 0.6) is 11.5 Å². The summed E-state index contributed by atoms with van der Waals surface area (Å²) in [6.45, 7) is 5.87. The van der Waals surface area contributed by atoms with Crippen molar-refractivity contribution in [2.24, 2.45) is 5.92 Å². The summed E-state index contributed by atoms with van der Waals surface area (Å²) in [5.41, 5.74) is 0. The van der Waals surface area contributed by atoms with Crippen LogP contribution in [0.15, 0.2) is 46.2 Å². The minimum absolute atomic E-state index is 0.000675. The first-order chi connectivity index (χ1) is 15.1. The molecule has 32 heavy (non-hydrogen) atoms. The number of hydrogen-bond acceptors (Lipinski definition) is 6. The Labute approximate surface area is 203 Å². The van der Waals surface area contributed by atoms with Gasteiger partial charge >= 0.3 is 5.97 Å². The number of ether oxygens (including phenoxy) is 3. The fourth-order valence-corrected chi connectivity index (χ4v) is 4.75. The van der Waals surface area contributed by atoms with Crippen LogP contribution in [0.25, 0.3) is 0 Å². The summed E-state index contributed by atoms with van der Waals surface area (Å²) in [5.74, 6) is 0.568. The summed E-state index contributed by atoms with van der Waals surface area (Å²) in [4.78, 5) is 11.1. The Balaban J connectivity index is 2.19. The summed E-state index contributed by atoms with van der Waals surface area (Å²) in [7, 11) is -3.88. The van der Waals surface area contributed by atoms with Crippen molar-refractivity contribution in [3.63, 3.8) is 0 Å². The fourth-order valence-electron chi connectivity index (χ4n) is 2.56. The third-order valence-corrected chi connectivity index (χ3v) is 7.22. The Morgan fingerprint density at radius 2 is 1.59 bits per heavy atom. The van der Waals surface area contributed by atoms with Crippen LogP contribution < -0.4 is 9.47 Å². The van der Waals surface area contributed by atoms with Crippen LogP contribution in [0.4, 0.5) is 0 Å². The molecule has 0 saturated carbocycles. The number of rotatable bonds is 11. The van der Waals surface area contributed by atoms with E-state index in [1.807, 2.05) is 0 Å². The Kier molecular flexibility index (Phi) is 9.95. The molecule has 2 aromatic rings. The average Bonchev–Trinajstić information content (AvgIpc) is 2.75. The van der Waals surface area contributed by atoms with Gasteiger partial charge in [0.05, 0.1) is 32.3 Å². The van der Waals surface area contributed by atoms with E-state index < -0.39 is 21.9 Å². The molecule has 2 atom stereocenters. The maximum Gasteiger partial charge on any atom is 0.303 e. The largest absolute Gasteiger partial charge is 0.493 e. The van der Waals surface area contributed by atoms with Crippen molar-refractivity contribution in [1.82, 2.24) is 0 Å². The van der Waals surface area contributed by atoms with E-state index in [2.05, 4.69) is 13.8 Å². The Morgan fingerprint density at radius 3 is 2.09 bits per heavy atom. The van der Waals surface area contributed by atoms with Gasteiger partial charge in [-0.25, -0.2) is 8.42 Å². The maximum absolute atomic E-state index is 13.0. The molecule has 0 heterocycles. The topological polar surface area (TPSA) is 78.9 Å². The first-order valence-corrected chi connectivity index (χ1v) is 12.7. The van der Waals surface area contributed by atoms with E-state index in [1.54, 1.807) is 12.1 Å². The summed E-state index contributed by atoms with van der Waals surface area (Å²) in [6.07, 6.45) is 0.287. The second-order valence-corrected chi connectivity index (χ2v) is 10.3. The zero-order valence-corrected chi connectivity index (χ0v) is 21.0. The zero-order valence-electron chi connectivity index (χ0n) is 17.9. The predicted molar refractivity (Wildman–Crippen MR) is 125 cm³/mol. The Bertz CT molecular complexity index is 1000. The number of benzene rings is 2. The molecule has 0 radical (unpaired) electrons. The summed E-state index contributed by atoms with van der Waals surface area (Å²) in [6, 6.07) is 8.67. The smallest absolute Gasteiger partial charge is 0.303 e. The molecule has 2 aromatic carbocycles. The van der Waals surface area contributed by atoms with Gasteiger partial charge in [0, 0.05) is 6.92 Å². The molecule has 0 fully saturated rings. The monoisotopic (exact) mass is 522 g/mol. The first kappa shape index (κ1) is 26.6. The van der Waals surface area contributed by atoms with Crippen LogP contribution in [0.2, 0.25) is 10.0 Å². The van der Waals surface area contributed by atoms with Crippen molar-refractivity contribution in [2.45, 2.75) is 43.1 Å². The van der Waals surface area contributed by atoms with Gasteiger partial charge in [-0.2, -0.15) is 0 Å². The second kappa shape index (κ2) is 12.0. The highest BCUT2D eigenvalue weighted by Crippen LogP contribution is 2.37. The standard InChI is InChI=1S/C22H25Cl3O6S/c1-4-14(2)12-29-16-5-7-18(8-6-16)32(27,28)19-9-20(24)22(21(25)10-19)30-13-17(11-23)31-15(3)26/h5-10,14,17H,4,11-13H2,1-3H3/t14-,17+/m1/s1. The van der Waals surface area contributed by atoms with Gasteiger partial charge in [0.1, 0.15) is 18.5 Å². The fraction of sp³-hybridized carbons (Fsp3) is 0.409. The molecular formula is C22H25Cl3O6S. The predicted octanol–water partition coefficient (Wildman–Crippen LogP) is 5.80. The summed E-state index contributed by atoms with van der Waals surface area (Å²) in [5, 5.41) is 0.00135. The van der Waals surface area contributed by atoms with Crippen molar-refractivity contribution in [3.8, 4) is 11.5 Å². The minimum Gasteiger partial charge on any atom is -0.493 e. The van der Waals surface area contributed by atoms with Gasteiger partial charge in [-0.3, -0.25) is 4.79 Å². The van der Waals surface area contributed by atoms with Crippen LogP contribution >= 0.6 is 34.8 Å². The molecule has 0 spiro atoms. The van der Waals surface area contributed by atoms with Crippen molar-refractivity contribution >= 4 is 50.6 Å². The van der Waals surface area contributed by atoms with E-state index in [1.165, 1.54) is 31.2 Å². The van der Waals surface area contributed by atoms with Crippen molar-refractivity contribution in [1.29, 1.82) is 0 Å². The highest BCUT2D eigenvalue weighted by Gasteiger charge is 2.22. The second-order valence-electron chi connectivity index (χ2n) is 7.21. The first-order valence-electron chi connectivity index (χ1n) is 9.91. The number of sulfone groups is 1. The molecular weight excluding hydrogens is 499 g/mol. The normalized spacial score (nSPS) is 13.3. The summed E-state index contributed by atoms with van der Waals surface area (Å²) >= 11 is 18.2. The Morgan fingerprint density at radius 1 is 1.00 bits per heavy atom. The number of hydrogen-bond donors (Lipinski definition) is 0. The molecule has 2 rings (SSSR count). The number of halogens is 3. The van der Waals surface area contributed by atoms with Crippen LogP contribution in [0.3, 0.4) is 0 Å². The molecule has 0 N–H and O–H groups in total. The molecule has 0 aliphatic rings. The third kappa shape index (κ3) is 7.17. The van der Waals surface area contributed by atoms with Crippen molar-refractivity contribution in [2.75, 3.05) is 19.1 Å². The van der Waals surface area contributed by atoms with Gasteiger partial charge in [0.15, 0.2) is 5.75 Å². The van der Waals surface area contributed by atoms with E-state index in [0.717, 1.165) is 6.42 Å². The van der Waals surface area contributed by atoms with Crippen molar-refractivity contribution < 1.29 is 27.4 Å². The van der Waals surface area contributed by atoms with E-state index in [-0.39, 0.29) is 38.1 Å². The lowest BCUT2D eigenvalue weighted by atomic mass is 10.1. The van der Waals surface area contributed by atoms with Gasteiger partial charge in [-0.15, -0.1) is 11.6 Å². The SMILES string of the molecule is CC[C@@H](C)COc1ccc(S(=O)(=O)c2cc(Cl)c(OC[C@H](CCl)OC(C)=O)c(Cl)c2)cc1. The Hall–Kier alpha value is -1.67. The number of carbonyl (C=O) groups is 1. The minimum atomic E-state index is -3.88. The zero-order chi connectivity index (χ0) is 23.9. The molecule has 176 valence electrons. The van der Waals surface area contributed by atoms with E-state index in [0.29, 0.717) is 18.3 Å². The van der Waals surface area contributed by atoms with Crippen molar-refractivity contribution in [3.05, 3.63) is 46.4 Å². The number of alkyl halides is 1. The molecule has 0 bridgehead atoms. The van der Waals surface area contributed by atoms with Crippen LogP contribution in [-0.4, -0.2) is 39.6 Å². The van der Waals surface area contributed by atoms with Crippen LogP contribution in [0.1, 0.15) is 27.2 Å². The lowest BCUT2D eigenvalue weighted by Gasteiger charge is -2.17. The highest BCUT2D eigenvalue weighted by atomic mass is 35.5. The third-order valence-electron chi connectivity index (χ3n) is 4.57. The molecule has 0 aliphatic carbocycles. The van der Waals surface area contributed by atoms with E-state index in [9.17, 15) is 13.2 Å². The molecule has 0 amide bonds. The molecule has 6 nitrogen and oxygen atoms in total. The maximum atomic E-state index is 13.0. The van der Waals surface area contributed by atoms with Crippen LogP contribution in [0, 0.1) is 5.92 Å². The number of carbonyl (C=O) groups excluding carboxylic acids is 1. The van der Waals surface area contributed by atoms with E-state index >= 15 is 0 Å². The lowest BCUT2D eigenvalue weighted by molar-refractivity contribution is -0.146. The molecule has 0 unspecified atom stereocenters. The van der Waals surface area contributed by atoms with Gasteiger partial charge in [-0.05, 0) is 42.3 Å². The molecule has 0 aliphatic heterocycles. The highest BCUT2D eigenvalue weighted by molar-refractivity contribution is 7.91. The van der Waals surface area contributed by atoms with Gasteiger partial charge in [-0.1, -0.05) is 43.5 Å². The van der Waals surface area contributed by atoms with Gasteiger partial charge in [0.25, 0.3) is 0 Å². The van der Waals surface area contributed by atoms with Crippen LogP contribution in [-0.2, 0) is 19.4 Å². The average molecular weight is 524 g/mol. The number of esters is 1. The molecule has 0 saturated heterocycles. The summed E-state index contributed by atoms with van der Waals surface area (Å²) < 4.78 is 42.3. The van der Waals surface area contributed by atoms with Gasteiger partial charge < -0.3 is 14.2 Å². The quantitative estimate of drug-likeness (QED) is 0.273. The van der Waals surface area contributed by atoms with Gasteiger partial charge in [0.2, 0.25) is 9.84 Å². The van der Waals surface area contributed by atoms with E-state index in [4.69, 9.17) is 49.0 Å². The molecule has 10 heteroatoms.